The summed E-state index contributed by atoms with van der Waals surface area (Å²) < 4.78 is 4.53. The molecule has 3 aromatic heterocycles. The molecule has 0 aliphatic heterocycles. The molecule has 14 aromatic rings. The fourth-order valence-corrected chi connectivity index (χ4v) is 12.0. The van der Waals surface area contributed by atoms with E-state index in [2.05, 4.69) is 151 Å². The number of hydrogen-bond donors (Lipinski definition) is 0. The second-order valence-electron chi connectivity index (χ2n) is 20.5. The molecular weight excluding hydrogens is 1020 g/mol. The Bertz CT molecular complexity index is 4980. The molecule has 0 N–H and O–H groups in total. The molecule has 0 aliphatic rings. The van der Waals surface area contributed by atoms with Gasteiger partial charge in [0.05, 0.1) is 87.8 Å². The van der Waals surface area contributed by atoms with Crippen LogP contribution in [-0.4, -0.2) is 14.1 Å². The Morgan fingerprint density at radius 3 is 1.04 bits per heavy atom. The summed E-state index contributed by atoms with van der Waals surface area (Å²) >= 11 is 0. The summed E-state index contributed by atoms with van der Waals surface area (Å²) in [6, 6.07) is 89.3. The Hall–Kier alpha value is -12.4. The summed E-state index contributed by atoms with van der Waals surface area (Å²) in [5, 5.41) is 24.4. The van der Waals surface area contributed by atoms with Crippen LogP contribution >= 0.6 is 0 Å². The molecule has 0 saturated heterocycles. The minimum Gasteiger partial charge on any atom is -0.308 e. The lowest BCUT2D eigenvalue weighted by Gasteiger charge is -2.20. The molecule has 11 aromatic carbocycles. The van der Waals surface area contributed by atoms with E-state index < -0.39 is 0 Å². The first-order valence-electron chi connectivity index (χ1n) is 27.2. The number of fused-ring (bicyclic) bond motifs is 6. The van der Waals surface area contributed by atoms with E-state index in [9.17, 15) is 10.5 Å². The molecule has 84 heavy (non-hydrogen) atoms. The number of nitriles is 2. The zero-order valence-corrected chi connectivity index (χ0v) is 44.8. The van der Waals surface area contributed by atoms with Gasteiger partial charge >= 0.3 is 0 Å². The number of benzene rings is 11. The maximum Gasteiger partial charge on any atom is 0.197 e. The second-order valence-corrected chi connectivity index (χ2v) is 20.5. The Morgan fingerprint density at radius 1 is 0.298 bits per heavy atom. The van der Waals surface area contributed by atoms with Crippen molar-refractivity contribution >= 4 is 60.7 Å². The van der Waals surface area contributed by atoms with Gasteiger partial charge in [-0.05, 0) is 141 Å². The van der Waals surface area contributed by atoms with Crippen LogP contribution in [-0.2, 0) is 0 Å². The van der Waals surface area contributed by atoms with Gasteiger partial charge in [-0.15, -0.1) is 0 Å². The quantitative estimate of drug-likeness (QED) is 0.135. The summed E-state index contributed by atoms with van der Waals surface area (Å²) in [7, 11) is 0. The summed E-state index contributed by atoms with van der Waals surface area (Å²) in [6.45, 7) is 25.4. The van der Waals surface area contributed by atoms with Crippen LogP contribution < -0.4 is 0 Å². The van der Waals surface area contributed by atoms with E-state index in [1.54, 1.807) is 0 Å². The van der Waals surface area contributed by atoms with Gasteiger partial charge in [0.1, 0.15) is 0 Å². The zero-order valence-electron chi connectivity index (χ0n) is 44.8. The van der Waals surface area contributed by atoms with Gasteiger partial charge in [-0.2, -0.15) is 10.5 Å². The van der Waals surface area contributed by atoms with Crippen LogP contribution in [0.3, 0.4) is 0 Å². The molecule has 0 bridgehead atoms. The standard InChI is InChI=1S/C76H42N8/c1-79-66-28-16-14-26-59(66)52-32-36-72-64(40-52)62-38-50(57-24-12-10-22-54(57)46-77)30-34-71(62)83(72)75-44-61(56-42-68(48-18-6-4-7-19-48)82-69(43-56)49-20-8-5-9-21-49)70(81-3)45-76(75)84-73-35-31-51(58-25-13-11-23-55(58)47-78)39-63(73)65-41-53(33-37-74(65)84)60-27-15-17-29-67(60)80-2/h4-45H. The molecule has 8 heteroatoms. The third-order valence-corrected chi connectivity index (χ3v) is 15.9. The molecule has 386 valence electrons. The predicted molar refractivity (Wildman–Crippen MR) is 339 cm³/mol. The number of nitrogens with zero attached hydrogens (tertiary/aromatic N) is 8. The first-order chi connectivity index (χ1) is 41.4. The molecule has 0 atom stereocenters. The van der Waals surface area contributed by atoms with E-state index in [1.807, 2.05) is 140 Å². The Balaban J connectivity index is 1.13. The monoisotopic (exact) mass is 1070 g/mol. The van der Waals surface area contributed by atoms with Gasteiger partial charge < -0.3 is 9.13 Å². The van der Waals surface area contributed by atoms with Crippen molar-refractivity contribution in [3.8, 4) is 102 Å². The lowest BCUT2D eigenvalue weighted by Crippen LogP contribution is -2.04. The van der Waals surface area contributed by atoms with Crippen LogP contribution in [0.1, 0.15) is 11.1 Å². The number of hydrogen-bond acceptors (Lipinski definition) is 3. The highest BCUT2D eigenvalue weighted by molar-refractivity contribution is 6.15. The molecule has 0 saturated carbocycles. The van der Waals surface area contributed by atoms with Gasteiger partial charge in [0.25, 0.3) is 0 Å². The molecule has 0 spiro atoms. The van der Waals surface area contributed by atoms with Gasteiger partial charge in [-0.3, -0.25) is 0 Å². The topological polar surface area (TPSA) is 83.4 Å². The molecule has 14 rings (SSSR count). The number of aromatic nitrogens is 3. The number of para-hydroxylation sites is 2. The SMILES string of the molecule is [C-]#[N+]c1ccccc1-c1ccc2c(c1)c1cc(-c3ccccc3C#N)ccc1n2-c1cc([N+]#[C-])c(-c2cc(-c3ccccc3)nc(-c3ccccc3)c2)cc1-n1c2ccc(-c3ccccc3C#N)cc2c2cc(-c3ccccc3[N+]#[C-])ccc21. The molecule has 0 radical (unpaired) electrons. The second kappa shape index (κ2) is 20.7. The highest BCUT2D eigenvalue weighted by Gasteiger charge is 2.25. The smallest absolute Gasteiger partial charge is 0.197 e. The van der Waals surface area contributed by atoms with E-state index in [4.69, 9.17) is 24.7 Å². The summed E-state index contributed by atoms with van der Waals surface area (Å²) in [5.41, 5.74) is 19.2. The fraction of sp³-hybridized carbons (Fsp3) is 0. The Labute approximate surface area is 484 Å². The summed E-state index contributed by atoms with van der Waals surface area (Å²) in [4.78, 5) is 17.5. The van der Waals surface area contributed by atoms with Crippen LogP contribution in [0.2, 0.25) is 0 Å². The summed E-state index contributed by atoms with van der Waals surface area (Å²) in [5.74, 6) is 0. The minimum absolute atomic E-state index is 0.421. The van der Waals surface area contributed by atoms with E-state index in [1.165, 1.54) is 0 Å². The van der Waals surface area contributed by atoms with Crippen molar-refractivity contribution < 1.29 is 0 Å². The van der Waals surface area contributed by atoms with Crippen molar-refractivity contribution in [3.05, 3.63) is 300 Å². The van der Waals surface area contributed by atoms with Crippen molar-refractivity contribution in [1.29, 1.82) is 10.5 Å². The first-order valence-corrected chi connectivity index (χ1v) is 27.2. The van der Waals surface area contributed by atoms with Crippen LogP contribution in [0.4, 0.5) is 17.1 Å². The van der Waals surface area contributed by atoms with Crippen molar-refractivity contribution in [2.75, 3.05) is 0 Å². The van der Waals surface area contributed by atoms with E-state index in [-0.39, 0.29) is 0 Å². The molecule has 0 aliphatic carbocycles. The predicted octanol–water partition coefficient (Wildman–Crippen LogP) is 20.3. The van der Waals surface area contributed by atoms with E-state index in [0.29, 0.717) is 33.8 Å². The highest BCUT2D eigenvalue weighted by atomic mass is 15.1. The lowest BCUT2D eigenvalue weighted by molar-refractivity contribution is 1.10. The Morgan fingerprint density at radius 2 is 0.643 bits per heavy atom. The maximum atomic E-state index is 10.4. The third-order valence-electron chi connectivity index (χ3n) is 15.9. The lowest BCUT2D eigenvalue weighted by atomic mass is 9.97. The van der Waals surface area contributed by atoms with Gasteiger partial charge in [-0.25, -0.2) is 19.5 Å². The van der Waals surface area contributed by atoms with Crippen molar-refractivity contribution in [2.24, 2.45) is 0 Å². The number of rotatable bonds is 9. The van der Waals surface area contributed by atoms with Crippen LogP contribution in [0.25, 0.3) is 148 Å². The average Bonchev–Trinajstić information content (AvgIpc) is 2.35. The molecule has 0 amide bonds. The van der Waals surface area contributed by atoms with Crippen LogP contribution in [0.15, 0.2) is 255 Å². The molecule has 8 nitrogen and oxygen atoms in total. The van der Waals surface area contributed by atoms with Crippen LogP contribution in [0.5, 0.6) is 0 Å². The van der Waals surface area contributed by atoms with Gasteiger partial charge in [0.15, 0.2) is 17.1 Å². The van der Waals surface area contributed by atoms with Crippen LogP contribution in [0, 0.1) is 42.4 Å². The fourth-order valence-electron chi connectivity index (χ4n) is 12.0. The Kier molecular flexibility index (Phi) is 12.3. The highest BCUT2D eigenvalue weighted by Crippen LogP contribution is 2.47. The molecule has 0 fully saturated rings. The van der Waals surface area contributed by atoms with E-state index >= 15 is 0 Å². The zero-order chi connectivity index (χ0) is 56.8. The maximum absolute atomic E-state index is 10.4. The molecule has 3 heterocycles. The molecular formula is C76H42N8. The van der Waals surface area contributed by atoms with Gasteiger partial charge in [0, 0.05) is 32.7 Å². The molecule has 0 unspecified atom stereocenters. The summed E-state index contributed by atoms with van der Waals surface area (Å²) in [6.07, 6.45) is 0. The number of pyridine rings is 1. The van der Waals surface area contributed by atoms with Crippen molar-refractivity contribution in [1.82, 2.24) is 14.1 Å². The third kappa shape index (κ3) is 8.39. The van der Waals surface area contributed by atoms with Gasteiger partial charge in [-0.1, -0.05) is 170 Å². The van der Waals surface area contributed by atoms with Crippen molar-refractivity contribution in [3.63, 3.8) is 0 Å². The minimum atomic E-state index is 0.421. The normalized spacial score (nSPS) is 11.0. The largest absolute Gasteiger partial charge is 0.308 e. The average molecular weight is 1070 g/mol. The van der Waals surface area contributed by atoms with E-state index in [0.717, 1.165) is 128 Å². The van der Waals surface area contributed by atoms with Gasteiger partial charge in [0.2, 0.25) is 0 Å². The van der Waals surface area contributed by atoms with Crippen molar-refractivity contribution in [2.45, 2.75) is 0 Å². The first kappa shape index (κ1) is 49.9.